The highest BCUT2D eigenvalue weighted by Gasteiger charge is 2.54. The van der Waals surface area contributed by atoms with Crippen LogP contribution in [0, 0.1) is 5.41 Å². The number of aliphatic hydroxyl groups excluding tert-OH is 1. The number of imidazole rings is 1. The van der Waals surface area contributed by atoms with Crippen LogP contribution in [0.2, 0.25) is 0 Å². The first kappa shape index (κ1) is 33.1. The van der Waals surface area contributed by atoms with Crippen molar-refractivity contribution in [1.82, 2.24) is 24.6 Å². The van der Waals surface area contributed by atoms with Gasteiger partial charge in [0.25, 0.3) is 0 Å². The molecule has 1 fully saturated rings. The maximum atomic E-state index is 14.1. The number of para-hydroxylation sites is 1. The number of ketones is 1. The maximum absolute atomic E-state index is 14.1. The molecule has 3 unspecified atom stereocenters. The van der Waals surface area contributed by atoms with Gasteiger partial charge in [0.05, 0.1) is 25.3 Å². The van der Waals surface area contributed by atoms with Crippen molar-refractivity contribution in [3.63, 3.8) is 0 Å². The zero-order valence-electron chi connectivity index (χ0n) is 24.6. The highest BCUT2D eigenvalue weighted by atomic mass is 31.2. The van der Waals surface area contributed by atoms with Gasteiger partial charge >= 0.3 is 13.7 Å². The van der Waals surface area contributed by atoms with Gasteiger partial charge in [0.2, 0.25) is 0 Å². The van der Waals surface area contributed by atoms with Gasteiger partial charge in [0.15, 0.2) is 23.5 Å². The van der Waals surface area contributed by atoms with Crippen LogP contribution in [0.15, 0.2) is 43.0 Å². The second kappa shape index (κ2) is 13.9. The molecule has 0 aliphatic carbocycles. The van der Waals surface area contributed by atoms with Gasteiger partial charge in [-0.05, 0) is 39.3 Å². The standard InChI is InChI=1S/C27H36N7O9P/c1-16(2)41-25(37)19(11-10-17(35)12-28)33-44(39,43-18-8-6-5-7-9-18)40-13-20-22(36)27(3,38)26(42-20)34-15-32-21-23(29-4)30-14-31-24(21)34/h5-9,12,14-16,19-20,22,26,28,36,38H,10-11,13H2,1-4H3,(H,33,39)(H,29,30,31)/t19-,20+,22-,26?,27?,44?/m0/s1. The summed E-state index contributed by atoms with van der Waals surface area (Å²) in [6, 6.07) is 6.70. The third-order valence-electron chi connectivity index (χ3n) is 6.77. The molecule has 0 bridgehead atoms. The molecule has 1 aliphatic rings. The summed E-state index contributed by atoms with van der Waals surface area (Å²) in [7, 11) is -2.78. The van der Waals surface area contributed by atoms with Crippen molar-refractivity contribution in [3.8, 4) is 5.75 Å². The lowest BCUT2D eigenvalue weighted by Gasteiger charge is -2.27. The number of Topliss-reactive ketones (excluding diaryl/α,β-unsaturated/α-hetero) is 1. The monoisotopic (exact) mass is 633 g/mol. The molecule has 1 aliphatic heterocycles. The molecule has 4 rings (SSSR count). The molecule has 17 heteroatoms. The molecule has 3 heterocycles. The molecule has 0 radical (unpaired) electrons. The highest BCUT2D eigenvalue weighted by Crippen LogP contribution is 2.47. The van der Waals surface area contributed by atoms with Gasteiger partial charge in [-0.3, -0.25) is 18.7 Å². The van der Waals surface area contributed by atoms with E-state index in [-0.39, 0.29) is 18.6 Å². The lowest BCUT2D eigenvalue weighted by atomic mass is 9.96. The van der Waals surface area contributed by atoms with E-state index in [1.807, 2.05) is 0 Å². The molecule has 3 aromatic rings. The van der Waals surface area contributed by atoms with E-state index in [4.69, 9.17) is 23.9 Å². The average molecular weight is 634 g/mol. The number of rotatable bonds is 15. The number of carbonyl (C=O) groups is 2. The number of ether oxygens (including phenoxy) is 2. The molecule has 44 heavy (non-hydrogen) atoms. The first-order valence-electron chi connectivity index (χ1n) is 13.8. The number of hydrogen-bond acceptors (Lipinski definition) is 14. The Hall–Kier alpha value is -3.79. The summed E-state index contributed by atoms with van der Waals surface area (Å²) < 4.78 is 38.3. The second-order valence-corrected chi connectivity index (χ2v) is 12.2. The smallest absolute Gasteiger partial charge is 0.459 e. The molecule has 1 saturated heterocycles. The van der Waals surface area contributed by atoms with Gasteiger partial charge in [0.1, 0.15) is 41.4 Å². The summed E-state index contributed by atoms with van der Waals surface area (Å²) in [5.74, 6) is -0.778. The minimum atomic E-state index is -4.45. The van der Waals surface area contributed by atoms with Crippen molar-refractivity contribution in [1.29, 1.82) is 5.41 Å². The molecule has 6 atom stereocenters. The fourth-order valence-corrected chi connectivity index (χ4v) is 6.10. The first-order chi connectivity index (χ1) is 20.9. The van der Waals surface area contributed by atoms with Gasteiger partial charge < -0.3 is 34.9 Å². The van der Waals surface area contributed by atoms with Crippen LogP contribution in [0.5, 0.6) is 5.75 Å². The van der Waals surface area contributed by atoms with Crippen molar-refractivity contribution >= 4 is 42.7 Å². The lowest BCUT2D eigenvalue weighted by Crippen LogP contribution is -2.44. The minimum absolute atomic E-state index is 0.137. The Morgan fingerprint density at radius 2 is 1.98 bits per heavy atom. The number of aliphatic hydroxyl groups is 2. The van der Waals surface area contributed by atoms with Gasteiger partial charge in [0, 0.05) is 13.5 Å². The first-order valence-corrected chi connectivity index (χ1v) is 15.3. The summed E-state index contributed by atoms with van der Waals surface area (Å²) in [6.45, 7) is 4.07. The molecule has 16 nitrogen and oxygen atoms in total. The van der Waals surface area contributed by atoms with E-state index in [9.17, 15) is 24.4 Å². The number of hydrogen-bond donors (Lipinski definition) is 5. The molecule has 238 valence electrons. The fourth-order valence-electron chi connectivity index (χ4n) is 4.57. The van der Waals surface area contributed by atoms with Crippen molar-refractivity contribution in [2.45, 2.75) is 69.8 Å². The lowest BCUT2D eigenvalue weighted by molar-refractivity contribution is -0.149. The van der Waals surface area contributed by atoms with Crippen molar-refractivity contribution in [3.05, 3.63) is 43.0 Å². The molecule has 0 saturated carbocycles. The summed E-state index contributed by atoms with van der Waals surface area (Å²) in [6.07, 6.45) is -1.53. The molecule has 1 aromatic carbocycles. The van der Waals surface area contributed by atoms with Crippen LogP contribution >= 0.6 is 7.75 Å². The van der Waals surface area contributed by atoms with Crippen LogP contribution in [0.1, 0.15) is 39.8 Å². The van der Waals surface area contributed by atoms with Gasteiger partial charge in [-0.1, -0.05) is 18.2 Å². The summed E-state index contributed by atoms with van der Waals surface area (Å²) in [5, 5.41) is 35.0. The van der Waals surface area contributed by atoms with Crippen LogP contribution in [-0.4, -0.2) is 91.3 Å². The number of anilines is 1. The van der Waals surface area contributed by atoms with Crippen LogP contribution < -0.4 is 14.9 Å². The Morgan fingerprint density at radius 3 is 2.64 bits per heavy atom. The number of nitrogens with one attached hydrogen (secondary N) is 3. The number of nitrogens with zero attached hydrogens (tertiary/aromatic N) is 4. The van der Waals surface area contributed by atoms with Gasteiger partial charge in [-0.25, -0.2) is 19.5 Å². The van der Waals surface area contributed by atoms with E-state index < -0.39 is 62.3 Å². The molecule has 5 N–H and O–H groups in total. The molecule has 0 amide bonds. The topological polar surface area (TPSA) is 220 Å². The highest BCUT2D eigenvalue weighted by molar-refractivity contribution is 7.52. The Balaban J connectivity index is 1.58. The van der Waals surface area contributed by atoms with E-state index in [0.29, 0.717) is 23.2 Å². The van der Waals surface area contributed by atoms with E-state index >= 15 is 0 Å². The normalized spacial score (nSPS) is 23.7. The minimum Gasteiger partial charge on any atom is -0.462 e. The summed E-state index contributed by atoms with van der Waals surface area (Å²) in [5.41, 5.74) is -1.13. The Bertz CT molecular complexity index is 1520. The third kappa shape index (κ3) is 7.46. The quantitative estimate of drug-likeness (QED) is 0.0918. The van der Waals surface area contributed by atoms with Crippen molar-refractivity contribution in [2.75, 3.05) is 19.0 Å². The SMILES string of the molecule is CNc1ncnc2c1ncn2C1O[C@H](COP(=O)(N[C@@H](CCC(=O)C=N)C(=O)OC(C)C)Oc2ccccc2)[C@H](O)C1(C)O. The average Bonchev–Trinajstić information content (AvgIpc) is 3.51. The Morgan fingerprint density at radius 1 is 1.25 bits per heavy atom. The summed E-state index contributed by atoms with van der Waals surface area (Å²) >= 11 is 0. The van der Waals surface area contributed by atoms with Gasteiger partial charge in [-0.2, -0.15) is 5.09 Å². The second-order valence-electron chi connectivity index (χ2n) is 10.5. The van der Waals surface area contributed by atoms with Crippen LogP contribution in [0.4, 0.5) is 5.82 Å². The fraction of sp³-hybridized carbons (Fsp3) is 0.481. The van der Waals surface area contributed by atoms with Crippen LogP contribution in [-0.2, 0) is 28.2 Å². The largest absolute Gasteiger partial charge is 0.462 e. The van der Waals surface area contributed by atoms with Crippen molar-refractivity contribution in [2.24, 2.45) is 0 Å². The van der Waals surface area contributed by atoms with Crippen LogP contribution in [0.25, 0.3) is 11.2 Å². The number of fused-ring (bicyclic) bond motifs is 1. The third-order valence-corrected chi connectivity index (χ3v) is 8.34. The Kier molecular flexibility index (Phi) is 10.4. The van der Waals surface area contributed by atoms with E-state index in [2.05, 4.69) is 25.4 Å². The molecule has 0 spiro atoms. The van der Waals surface area contributed by atoms with Crippen LogP contribution in [0.3, 0.4) is 0 Å². The predicted octanol–water partition coefficient (Wildman–Crippen LogP) is 1.99. The Labute approximate surface area is 253 Å². The van der Waals surface area contributed by atoms with Crippen molar-refractivity contribution < 1.29 is 42.9 Å². The van der Waals surface area contributed by atoms with Gasteiger partial charge in [-0.15, -0.1) is 0 Å². The van der Waals surface area contributed by atoms with E-state index in [0.717, 1.165) is 0 Å². The number of aromatic nitrogens is 4. The predicted molar refractivity (Wildman–Crippen MR) is 157 cm³/mol. The number of benzene rings is 1. The molecule has 2 aromatic heterocycles. The molecular weight excluding hydrogens is 597 g/mol. The zero-order chi connectivity index (χ0) is 32.1. The van der Waals surface area contributed by atoms with E-state index in [1.54, 1.807) is 39.1 Å². The maximum Gasteiger partial charge on any atom is 0.459 e. The summed E-state index contributed by atoms with van der Waals surface area (Å²) in [4.78, 5) is 37.4. The molecular formula is C27H36N7O9P. The zero-order valence-corrected chi connectivity index (χ0v) is 25.5. The number of carbonyl (C=O) groups excluding carboxylic acids is 2. The van der Waals surface area contributed by atoms with E-state index in [1.165, 1.54) is 36.3 Å². The number of esters is 1.